The lowest BCUT2D eigenvalue weighted by molar-refractivity contribution is 0.118. The zero-order valence-corrected chi connectivity index (χ0v) is 14.8. The molecule has 0 fully saturated rings. The SMILES string of the molecule is CC1=C(c2csc(Nc3ccc(C)cn3)n2)C(c2ccccc2)NO1. The van der Waals surface area contributed by atoms with E-state index in [1.165, 1.54) is 0 Å². The maximum atomic E-state index is 5.59. The van der Waals surface area contributed by atoms with Crippen molar-refractivity contribution in [2.45, 2.75) is 19.9 Å². The van der Waals surface area contributed by atoms with Gasteiger partial charge < -0.3 is 10.2 Å². The third-order valence-electron chi connectivity index (χ3n) is 4.06. The van der Waals surface area contributed by atoms with E-state index < -0.39 is 0 Å². The predicted octanol–water partition coefficient (Wildman–Crippen LogP) is 4.60. The summed E-state index contributed by atoms with van der Waals surface area (Å²) < 4.78 is 0. The molecule has 0 saturated heterocycles. The van der Waals surface area contributed by atoms with Gasteiger partial charge in [-0.2, -0.15) is 0 Å². The maximum Gasteiger partial charge on any atom is 0.188 e. The van der Waals surface area contributed by atoms with E-state index in [1.807, 2.05) is 55.8 Å². The Morgan fingerprint density at radius 3 is 2.72 bits per heavy atom. The van der Waals surface area contributed by atoms with Crippen molar-refractivity contribution >= 4 is 27.9 Å². The Morgan fingerprint density at radius 2 is 1.96 bits per heavy atom. The van der Waals surface area contributed by atoms with Crippen molar-refractivity contribution in [1.82, 2.24) is 15.4 Å². The monoisotopic (exact) mass is 350 g/mol. The second kappa shape index (κ2) is 6.66. The summed E-state index contributed by atoms with van der Waals surface area (Å²) in [7, 11) is 0. The summed E-state index contributed by atoms with van der Waals surface area (Å²) in [6.07, 6.45) is 1.84. The van der Waals surface area contributed by atoms with Crippen LogP contribution < -0.4 is 10.8 Å². The summed E-state index contributed by atoms with van der Waals surface area (Å²) in [6, 6.07) is 14.2. The van der Waals surface area contributed by atoms with E-state index in [4.69, 9.17) is 9.82 Å². The van der Waals surface area contributed by atoms with E-state index in [0.717, 1.165) is 39.1 Å². The number of hydrogen-bond acceptors (Lipinski definition) is 6. The molecule has 0 spiro atoms. The van der Waals surface area contributed by atoms with E-state index in [9.17, 15) is 0 Å². The van der Waals surface area contributed by atoms with Gasteiger partial charge in [-0.3, -0.25) is 0 Å². The number of hydroxylamine groups is 1. The van der Waals surface area contributed by atoms with Crippen LogP contribution in [0, 0.1) is 6.92 Å². The average Bonchev–Trinajstić information content (AvgIpc) is 3.24. The van der Waals surface area contributed by atoms with E-state index in [2.05, 4.69) is 27.9 Å². The fraction of sp³-hybridized carbons (Fsp3) is 0.158. The molecule has 1 aliphatic heterocycles. The Hall–Kier alpha value is -2.70. The molecule has 1 atom stereocenters. The number of thiazole rings is 1. The second-order valence-corrected chi connectivity index (χ2v) is 6.78. The number of nitrogens with one attached hydrogen (secondary N) is 2. The minimum Gasteiger partial charge on any atom is -0.412 e. The van der Waals surface area contributed by atoms with Crippen LogP contribution >= 0.6 is 11.3 Å². The topological polar surface area (TPSA) is 59.1 Å². The third-order valence-corrected chi connectivity index (χ3v) is 4.81. The van der Waals surface area contributed by atoms with Crippen molar-refractivity contribution in [2.75, 3.05) is 5.32 Å². The molecule has 1 unspecified atom stereocenters. The Bertz CT molecular complexity index is 903. The summed E-state index contributed by atoms with van der Waals surface area (Å²) in [5, 5.41) is 6.11. The lowest BCUT2D eigenvalue weighted by Crippen LogP contribution is -2.14. The van der Waals surface area contributed by atoms with Crippen molar-refractivity contribution in [1.29, 1.82) is 0 Å². The zero-order chi connectivity index (χ0) is 17.2. The minimum absolute atomic E-state index is 0.0198. The second-order valence-electron chi connectivity index (χ2n) is 5.92. The summed E-state index contributed by atoms with van der Waals surface area (Å²) in [4.78, 5) is 14.7. The van der Waals surface area contributed by atoms with Crippen molar-refractivity contribution in [3.8, 4) is 0 Å². The van der Waals surface area contributed by atoms with Crippen molar-refractivity contribution in [3.05, 3.63) is 76.6 Å². The Morgan fingerprint density at radius 1 is 1.12 bits per heavy atom. The molecule has 1 aromatic carbocycles. The van der Waals surface area contributed by atoms with Gasteiger partial charge >= 0.3 is 0 Å². The fourth-order valence-electron chi connectivity index (χ4n) is 2.78. The summed E-state index contributed by atoms with van der Waals surface area (Å²) >= 11 is 1.55. The smallest absolute Gasteiger partial charge is 0.188 e. The van der Waals surface area contributed by atoms with Crippen LogP contribution in [0.4, 0.5) is 10.9 Å². The number of allylic oxidation sites excluding steroid dienone is 1. The van der Waals surface area contributed by atoms with Gasteiger partial charge in [0.25, 0.3) is 0 Å². The van der Waals surface area contributed by atoms with Gasteiger partial charge in [-0.1, -0.05) is 36.4 Å². The first-order chi connectivity index (χ1) is 12.2. The largest absolute Gasteiger partial charge is 0.412 e. The molecule has 0 aliphatic carbocycles. The van der Waals surface area contributed by atoms with Gasteiger partial charge in [0.05, 0.1) is 11.7 Å². The molecule has 2 N–H and O–H groups in total. The van der Waals surface area contributed by atoms with Crippen LogP contribution in [0.15, 0.2) is 59.8 Å². The number of hydrogen-bond donors (Lipinski definition) is 2. The lowest BCUT2D eigenvalue weighted by Gasteiger charge is -2.12. The van der Waals surface area contributed by atoms with E-state index in [1.54, 1.807) is 11.3 Å². The van der Waals surface area contributed by atoms with E-state index in [-0.39, 0.29) is 6.04 Å². The number of aromatic nitrogens is 2. The van der Waals surface area contributed by atoms with Gasteiger partial charge in [-0.05, 0) is 31.0 Å². The minimum atomic E-state index is -0.0198. The van der Waals surface area contributed by atoms with Gasteiger partial charge in [-0.25, -0.2) is 9.97 Å². The van der Waals surface area contributed by atoms with Crippen LogP contribution in [-0.4, -0.2) is 9.97 Å². The van der Waals surface area contributed by atoms with Crippen molar-refractivity contribution in [2.24, 2.45) is 0 Å². The van der Waals surface area contributed by atoms with Crippen LogP contribution in [0.5, 0.6) is 0 Å². The summed E-state index contributed by atoms with van der Waals surface area (Å²) in [6.45, 7) is 3.98. The molecule has 4 rings (SSSR count). The molecule has 2 aromatic heterocycles. The standard InChI is InChI=1S/C19H18N4OS/c1-12-8-9-16(20-10-12)22-19-21-15(11-25-19)17-13(2)24-23-18(17)14-6-4-3-5-7-14/h3-11,18,23H,1-2H3,(H,20,21,22). The molecule has 25 heavy (non-hydrogen) atoms. The van der Waals surface area contributed by atoms with Crippen molar-refractivity contribution in [3.63, 3.8) is 0 Å². The first-order valence-corrected chi connectivity index (χ1v) is 8.92. The normalized spacial score (nSPS) is 16.8. The molecular formula is C19H18N4OS. The van der Waals surface area contributed by atoms with Gasteiger partial charge in [0, 0.05) is 17.2 Å². The average molecular weight is 350 g/mol. The van der Waals surface area contributed by atoms with Gasteiger partial charge in [0.2, 0.25) is 0 Å². The third kappa shape index (κ3) is 3.26. The maximum absolute atomic E-state index is 5.59. The van der Waals surface area contributed by atoms with Crippen LogP contribution in [-0.2, 0) is 4.84 Å². The number of rotatable bonds is 4. The zero-order valence-electron chi connectivity index (χ0n) is 14.0. The molecular weight excluding hydrogens is 332 g/mol. The number of aryl methyl sites for hydroxylation is 1. The van der Waals surface area contributed by atoms with Crippen LogP contribution in [0.3, 0.4) is 0 Å². The van der Waals surface area contributed by atoms with Crippen LogP contribution in [0.1, 0.15) is 29.8 Å². The first-order valence-electron chi connectivity index (χ1n) is 8.04. The van der Waals surface area contributed by atoms with E-state index >= 15 is 0 Å². The van der Waals surface area contributed by atoms with Crippen LogP contribution in [0.2, 0.25) is 0 Å². The molecule has 3 heterocycles. The highest BCUT2D eigenvalue weighted by molar-refractivity contribution is 7.13. The molecule has 0 saturated carbocycles. The summed E-state index contributed by atoms with van der Waals surface area (Å²) in [5.41, 5.74) is 7.35. The first kappa shape index (κ1) is 15.8. The van der Waals surface area contributed by atoms with Gasteiger partial charge in [0.1, 0.15) is 11.6 Å². The summed E-state index contributed by atoms with van der Waals surface area (Å²) in [5.74, 6) is 1.64. The highest BCUT2D eigenvalue weighted by Gasteiger charge is 2.29. The molecule has 0 bridgehead atoms. The lowest BCUT2D eigenvalue weighted by atomic mass is 9.97. The molecule has 6 heteroatoms. The van der Waals surface area contributed by atoms with Gasteiger partial charge in [0.15, 0.2) is 5.13 Å². The van der Waals surface area contributed by atoms with Crippen molar-refractivity contribution < 1.29 is 4.84 Å². The predicted molar refractivity (Wildman–Crippen MR) is 100 cm³/mol. The molecule has 3 aromatic rings. The Balaban J connectivity index is 1.60. The molecule has 5 nitrogen and oxygen atoms in total. The quantitative estimate of drug-likeness (QED) is 0.720. The number of nitrogens with zero attached hydrogens (tertiary/aromatic N) is 2. The molecule has 0 amide bonds. The molecule has 1 aliphatic rings. The fourth-order valence-corrected chi connectivity index (χ4v) is 3.50. The highest BCUT2D eigenvalue weighted by atomic mass is 32.1. The highest BCUT2D eigenvalue weighted by Crippen LogP contribution is 2.38. The number of pyridine rings is 1. The number of anilines is 2. The number of benzene rings is 1. The Kier molecular flexibility index (Phi) is 4.21. The molecule has 0 radical (unpaired) electrons. The Labute approximate surface area is 150 Å². The van der Waals surface area contributed by atoms with Gasteiger partial charge in [-0.15, -0.1) is 16.8 Å². The van der Waals surface area contributed by atoms with Crippen LogP contribution in [0.25, 0.3) is 5.57 Å². The van der Waals surface area contributed by atoms with E-state index in [0.29, 0.717) is 0 Å². The molecule has 126 valence electrons.